The average molecular weight is 232 g/mol. The normalized spacial score (nSPS) is 10.6. The maximum absolute atomic E-state index is 5.56. The third-order valence-electron chi connectivity index (χ3n) is 2.04. The number of hydrogen-bond donors (Lipinski definition) is 1. The summed E-state index contributed by atoms with van der Waals surface area (Å²) < 4.78 is 0. The van der Waals surface area contributed by atoms with E-state index in [-0.39, 0.29) is 0 Å². The molecule has 2 aromatic carbocycles. The maximum Gasteiger partial charge on any atom is 0.110 e. The summed E-state index contributed by atoms with van der Waals surface area (Å²) in [4.78, 5) is 2.55. The Kier molecular flexibility index (Phi) is 3.51. The van der Waals surface area contributed by atoms with Gasteiger partial charge in [-0.2, -0.15) is 5.11 Å². The second-order valence-corrected chi connectivity index (χ2v) is 3.34. The van der Waals surface area contributed by atoms with E-state index in [1.807, 2.05) is 54.6 Å². The minimum absolute atomic E-state index is 0.710. The molecule has 0 aliphatic rings. The molecule has 3 nitrogen and oxygen atoms in total. The van der Waals surface area contributed by atoms with Crippen molar-refractivity contribution in [1.82, 2.24) is 0 Å². The van der Waals surface area contributed by atoms with E-state index in [0.717, 1.165) is 11.4 Å². The van der Waals surface area contributed by atoms with E-state index in [1.165, 1.54) is 0 Å². The SMILES string of the molecule is ClNc1ccccc1N=Nc1ccccc1. The largest absolute Gasteiger partial charge is 0.296 e. The molecule has 0 saturated heterocycles. The Balaban J connectivity index is 2.24. The summed E-state index contributed by atoms with van der Waals surface area (Å²) in [6.45, 7) is 0. The third kappa shape index (κ3) is 2.58. The number of azo groups is 1. The van der Waals surface area contributed by atoms with E-state index in [2.05, 4.69) is 15.1 Å². The summed E-state index contributed by atoms with van der Waals surface area (Å²) in [5, 5.41) is 8.24. The van der Waals surface area contributed by atoms with Crippen LogP contribution in [0.3, 0.4) is 0 Å². The topological polar surface area (TPSA) is 36.8 Å². The molecule has 0 amide bonds. The van der Waals surface area contributed by atoms with Crippen molar-refractivity contribution < 1.29 is 0 Å². The lowest BCUT2D eigenvalue weighted by Gasteiger charge is -2.00. The summed E-state index contributed by atoms with van der Waals surface area (Å²) >= 11 is 5.56. The second kappa shape index (κ2) is 5.28. The summed E-state index contributed by atoms with van der Waals surface area (Å²) in [7, 11) is 0. The van der Waals surface area contributed by atoms with Crippen LogP contribution in [0.2, 0.25) is 0 Å². The Morgan fingerprint density at radius 2 is 1.50 bits per heavy atom. The number of benzene rings is 2. The van der Waals surface area contributed by atoms with E-state index in [9.17, 15) is 0 Å². The fourth-order valence-corrected chi connectivity index (χ4v) is 1.41. The van der Waals surface area contributed by atoms with Gasteiger partial charge in [0.1, 0.15) is 5.69 Å². The summed E-state index contributed by atoms with van der Waals surface area (Å²) in [6.07, 6.45) is 0. The van der Waals surface area contributed by atoms with Crippen molar-refractivity contribution in [2.45, 2.75) is 0 Å². The van der Waals surface area contributed by atoms with E-state index in [1.54, 1.807) is 0 Å². The standard InChI is InChI=1S/C12H10ClN3/c13-14-11-8-4-5-9-12(11)16-15-10-6-2-1-3-7-10/h1-9,14H. The number of nitrogens with zero attached hydrogens (tertiary/aromatic N) is 2. The van der Waals surface area contributed by atoms with Crippen molar-refractivity contribution >= 4 is 28.8 Å². The Labute approximate surface area is 98.9 Å². The van der Waals surface area contributed by atoms with Crippen molar-refractivity contribution in [3.63, 3.8) is 0 Å². The van der Waals surface area contributed by atoms with Gasteiger partial charge < -0.3 is 0 Å². The van der Waals surface area contributed by atoms with E-state index < -0.39 is 0 Å². The van der Waals surface area contributed by atoms with Gasteiger partial charge in [-0.1, -0.05) is 30.3 Å². The molecule has 16 heavy (non-hydrogen) atoms. The molecule has 0 radical (unpaired) electrons. The molecule has 4 heteroatoms. The van der Waals surface area contributed by atoms with Gasteiger partial charge in [0.15, 0.2) is 0 Å². The Hall–Kier alpha value is -1.87. The minimum atomic E-state index is 0.710. The number of rotatable bonds is 3. The number of nitrogens with one attached hydrogen (secondary N) is 1. The lowest BCUT2D eigenvalue weighted by molar-refractivity contribution is 1.23. The van der Waals surface area contributed by atoms with E-state index >= 15 is 0 Å². The van der Waals surface area contributed by atoms with Crippen molar-refractivity contribution in [2.75, 3.05) is 4.84 Å². The zero-order chi connectivity index (χ0) is 11.2. The van der Waals surface area contributed by atoms with Gasteiger partial charge in [-0.15, -0.1) is 5.11 Å². The van der Waals surface area contributed by atoms with Crippen molar-refractivity contribution in [3.8, 4) is 0 Å². The minimum Gasteiger partial charge on any atom is -0.296 e. The predicted octanol–water partition coefficient (Wildman–Crippen LogP) is 4.67. The molecule has 0 spiro atoms. The van der Waals surface area contributed by atoms with E-state index in [4.69, 9.17) is 11.8 Å². The first-order valence-electron chi connectivity index (χ1n) is 4.82. The number of para-hydroxylation sites is 1. The molecule has 0 heterocycles. The van der Waals surface area contributed by atoms with Gasteiger partial charge in [0.05, 0.1) is 11.4 Å². The van der Waals surface area contributed by atoms with Crippen LogP contribution < -0.4 is 4.84 Å². The van der Waals surface area contributed by atoms with Gasteiger partial charge in [0, 0.05) is 11.8 Å². The monoisotopic (exact) mass is 231 g/mol. The molecule has 0 aromatic heterocycles. The van der Waals surface area contributed by atoms with Crippen molar-refractivity contribution in [2.24, 2.45) is 10.2 Å². The van der Waals surface area contributed by atoms with Crippen LogP contribution in [0.1, 0.15) is 0 Å². The van der Waals surface area contributed by atoms with Crippen LogP contribution in [0.25, 0.3) is 0 Å². The van der Waals surface area contributed by atoms with Crippen LogP contribution in [-0.4, -0.2) is 0 Å². The van der Waals surface area contributed by atoms with Crippen LogP contribution in [0, 0.1) is 0 Å². The molecule has 0 unspecified atom stereocenters. The van der Waals surface area contributed by atoms with Gasteiger partial charge in [-0.25, -0.2) is 0 Å². The molecule has 0 atom stereocenters. The van der Waals surface area contributed by atoms with E-state index in [0.29, 0.717) is 5.69 Å². The molecule has 0 saturated carbocycles. The van der Waals surface area contributed by atoms with Gasteiger partial charge in [0.25, 0.3) is 0 Å². The molecule has 2 aromatic rings. The molecule has 80 valence electrons. The molecule has 0 aliphatic carbocycles. The quantitative estimate of drug-likeness (QED) is 0.605. The zero-order valence-electron chi connectivity index (χ0n) is 8.47. The van der Waals surface area contributed by atoms with Crippen molar-refractivity contribution in [1.29, 1.82) is 0 Å². The number of halogens is 1. The lowest BCUT2D eigenvalue weighted by Crippen LogP contribution is -1.78. The van der Waals surface area contributed by atoms with Gasteiger partial charge in [-0.3, -0.25) is 4.84 Å². The molecule has 1 N–H and O–H groups in total. The highest BCUT2D eigenvalue weighted by atomic mass is 35.5. The molecular weight excluding hydrogens is 222 g/mol. The van der Waals surface area contributed by atoms with Crippen LogP contribution >= 0.6 is 11.8 Å². The summed E-state index contributed by atoms with van der Waals surface area (Å²) in [6, 6.07) is 17.0. The lowest BCUT2D eigenvalue weighted by atomic mass is 10.3. The predicted molar refractivity (Wildman–Crippen MR) is 66.5 cm³/mol. The number of hydrogen-bond acceptors (Lipinski definition) is 3. The Morgan fingerprint density at radius 3 is 2.25 bits per heavy atom. The van der Waals surface area contributed by atoms with Gasteiger partial charge in [0.2, 0.25) is 0 Å². The highest BCUT2D eigenvalue weighted by Crippen LogP contribution is 2.26. The third-order valence-corrected chi connectivity index (χ3v) is 2.24. The fraction of sp³-hybridized carbons (Fsp3) is 0. The smallest absolute Gasteiger partial charge is 0.110 e. The summed E-state index contributed by atoms with van der Waals surface area (Å²) in [5.41, 5.74) is 2.26. The second-order valence-electron chi connectivity index (χ2n) is 3.15. The first kappa shape index (κ1) is 10.6. The van der Waals surface area contributed by atoms with Crippen LogP contribution in [-0.2, 0) is 0 Å². The highest BCUT2D eigenvalue weighted by molar-refractivity contribution is 6.24. The Bertz CT molecular complexity index is 483. The summed E-state index contributed by atoms with van der Waals surface area (Å²) in [5.74, 6) is 0. The molecule has 0 bridgehead atoms. The van der Waals surface area contributed by atoms with Crippen LogP contribution in [0.5, 0.6) is 0 Å². The Morgan fingerprint density at radius 1 is 0.812 bits per heavy atom. The fourth-order valence-electron chi connectivity index (χ4n) is 1.25. The molecular formula is C12H10ClN3. The van der Waals surface area contributed by atoms with Gasteiger partial charge in [-0.05, 0) is 24.3 Å². The maximum atomic E-state index is 5.56. The van der Waals surface area contributed by atoms with Crippen molar-refractivity contribution in [3.05, 3.63) is 54.6 Å². The first-order valence-corrected chi connectivity index (χ1v) is 5.20. The average Bonchev–Trinajstić information content (AvgIpc) is 2.38. The molecule has 0 aliphatic heterocycles. The zero-order valence-corrected chi connectivity index (χ0v) is 9.22. The van der Waals surface area contributed by atoms with Crippen LogP contribution in [0.15, 0.2) is 64.8 Å². The first-order chi connectivity index (χ1) is 7.90. The van der Waals surface area contributed by atoms with Gasteiger partial charge >= 0.3 is 0 Å². The van der Waals surface area contributed by atoms with Crippen LogP contribution in [0.4, 0.5) is 17.1 Å². The molecule has 0 fully saturated rings. The highest BCUT2D eigenvalue weighted by Gasteiger charge is 1.97. The number of anilines is 1. The molecule has 2 rings (SSSR count).